The standard InChI is InChI=1S/C15H20ClNO2/c1-18-14-6-5-12(16)15-11(14)3-2-4-13(15)17-7-9-19-10-8-17/h5-6,13H,2-4,7-10H2,1H3. The fourth-order valence-corrected chi connectivity index (χ4v) is 3.60. The van der Waals surface area contributed by atoms with Crippen molar-refractivity contribution in [1.82, 2.24) is 4.90 Å². The van der Waals surface area contributed by atoms with E-state index in [4.69, 9.17) is 21.1 Å². The molecule has 1 saturated heterocycles. The van der Waals surface area contributed by atoms with Crippen molar-refractivity contribution in [3.05, 3.63) is 28.3 Å². The van der Waals surface area contributed by atoms with Crippen molar-refractivity contribution < 1.29 is 9.47 Å². The van der Waals surface area contributed by atoms with Gasteiger partial charge in [0.25, 0.3) is 0 Å². The van der Waals surface area contributed by atoms with E-state index in [0.717, 1.165) is 43.5 Å². The van der Waals surface area contributed by atoms with Gasteiger partial charge in [0.05, 0.1) is 20.3 Å². The molecule has 1 unspecified atom stereocenters. The van der Waals surface area contributed by atoms with Gasteiger partial charge in [0.2, 0.25) is 0 Å². The quantitative estimate of drug-likeness (QED) is 0.832. The van der Waals surface area contributed by atoms with E-state index in [1.165, 1.54) is 24.0 Å². The molecular formula is C15H20ClNO2. The molecule has 3 nitrogen and oxygen atoms in total. The van der Waals surface area contributed by atoms with E-state index in [2.05, 4.69) is 4.90 Å². The maximum Gasteiger partial charge on any atom is 0.122 e. The summed E-state index contributed by atoms with van der Waals surface area (Å²) in [6.07, 6.45) is 3.45. The Morgan fingerprint density at radius 1 is 1.32 bits per heavy atom. The Hall–Kier alpha value is -0.770. The summed E-state index contributed by atoms with van der Waals surface area (Å²) in [5.41, 5.74) is 2.59. The van der Waals surface area contributed by atoms with Crippen LogP contribution in [0.3, 0.4) is 0 Å². The molecule has 1 aromatic rings. The summed E-state index contributed by atoms with van der Waals surface area (Å²) in [6, 6.07) is 4.39. The average Bonchev–Trinajstić information content (AvgIpc) is 2.48. The molecule has 1 aromatic carbocycles. The fourth-order valence-electron chi connectivity index (χ4n) is 3.30. The minimum absolute atomic E-state index is 0.426. The predicted molar refractivity (Wildman–Crippen MR) is 76.1 cm³/mol. The van der Waals surface area contributed by atoms with Crippen LogP contribution in [0.5, 0.6) is 5.75 Å². The number of nitrogens with zero attached hydrogens (tertiary/aromatic N) is 1. The zero-order chi connectivity index (χ0) is 13.2. The first-order valence-electron chi connectivity index (χ1n) is 6.98. The second kappa shape index (κ2) is 5.70. The number of ether oxygens (including phenoxy) is 2. The number of hydrogen-bond donors (Lipinski definition) is 0. The number of methoxy groups -OCH3 is 1. The minimum atomic E-state index is 0.426. The molecule has 0 aromatic heterocycles. The summed E-state index contributed by atoms with van der Waals surface area (Å²) in [4.78, 5) is 2.51. The maximum absolute atomic E-state index is 6.47. The van der Waals surface area contributed by atoms with Gasteiger partial charge in [-0.1, -0.05) is 11.6 Å². The van der Waals surface area contributed by atoms with Gasteiger partial charge in [0.1, 0.15) is 5.75 Å². The number of benzene rings is 1. The Labute approximate surface area is 119 Å². The molecule has 1 aliphatic carbocycles. The highest BCUT2D eigenvalue weighted by Gasteiger charge is 2.30. The summed E-state index contributed by atoms with van der Waals surface area (Å²) >= 11 is 6.47. The Morgan fingerprint density at radius 3 is 2.84 bits per heavy atom. The molecule has 3 rings (SSSR count). The van der Waals surface area contributed by atoms with Crippen LogP contribution in [0.25, 0.3) is 0 Å². The summed E-state index contributed by atoms with van der Waals surface area (Å²) in [5.74, 6) is 0.984. The van der Waals surface area contributed by atoms with Gasteiger partial charge in [-0.3, -0.25) is 4.90 Å². The third-order valence-corrected chi connectivity index (χ3v) is 4.53. The van der Waals surface area contributed by atoms with Gasteiger partial charge < -0.3 is 9.47 Å². The normalized spacial score (nSPS) is 24.0. The lowest BCUT2D eigenvalue weighted by Crippen LogP contribution is -2.40. The SMILES string of the molecule is COc1ccc(Cl)c2c1CCCC2N1CCOCC1. The van der Waals surface area contributed by atoms with Crippen molar-refractivity contribution in [2.24, 2.45) is 0 Å². The van der Waals surface area contributed by atoms with E-state index in [9.17, 15) is 0 Å². The molecule has 104 valence electrons. The summed E-state index contributed by atoms with van der Waals surface area (Å²) in [6.45, 7) is 3.65. The lowest BCUT2D eigenvalue weighted by Gasteiger charge is -2.38. The monoisotopic (exact) mass is 281 g/mol. The molecule has 1 atom stereocenters. The lowest BCUT2D eigenvalue weighted by atomic mass is 9.86. The van der Waals surface area contributed by atoms with Crippen LogP contribution in [0.4, 0.5) is 0 Å². The topological polar surface area (TPSA) is 21.7 Å². The third kappa shape index (κ3) is 2.47. The van der Waals surface area contributed by atoms with Crippen molar-refractivity contribution >= 4 is 11.6 Å². The molecule has 0 bridgehead atoms. The maximum atomic E-state index is 6.47. The van der Waals surface area contributed by atoms with E-state index in [-0.39, 0.29) is 0 Å². The van der Waals surface area contributed by atoms with Crippen LogP contribution in [0.15, 0.2) is 12.1 Å². The van der Waals surface area contributed by atoms with Crippen LogP contribution in [-0.4, -0.2) is 38.3 Å². The van der Waals surface area contributed by atoms with Gasteiger partial charge in [-0.2, -0.15) is 0 Å². The van der Waals surface area contributed by atoms with Crippen molar-refractivity contribution in [1.29, 1.82) is 0 Å². The first-order chi connectivity index (χ1) is 9.31. The molecule has 1 fully saturated rings. The van der Waals surface area contributed by atoms with E-state index in [1.807, 2.05) is 12.1 Å². The Morgan fingerprint density at radius 2 is 2.11 bits per heavy atom. The number of rotatable bonds is 2. The van der Waals surface area contributed by atoms with Crippen molar-refractivity contribution in [2.45, 2.75) is 25.3 Å². The molecule has 0 N–H and O–H groups in total. The molecule has 1 aliphatic heterocycles. The van der Waals surface area contributed by atoms with Gasteiger partial charge in [0.15, 0.2) is 0 Å². The largest absolute Gasteiger partial charge is 0.496 e. The molecule has 2 aliphatic rings. The van der Waals surface area contributed by atoms with Crippen LogP contribution < -0.4 is 4.74 Å². The third-order valence-electron chi connectivity index (χ3n) is 4.20. The molecule has 19 heavy (non-hydrogen) atoms. The molecule has 0 saturated carbocycles. The van der Waals surface area contributed by atoms with E-state index >= 15 is 0 Å². The van der Waals surface area contributed by atoms with Crippen LogP contribution >= 0.6 is 11.6 Å². The molecule has 4 heteroatoms. The summed E-state index contributed by atoms with van der Waals surface area (Å²) < 4.78 is 11.0. The van der Waals surface area contributed by atoms with Gasteiger partial charge in [0, 0.05) is 29.7 Å². The van der Waals surface area contributed by atoms with Crippen LogP contribution in [0, 0.1) is 0 Å². The van der Waals surface area contributed by atoms with Gasteiger partial charge in [-0.25, -0.2) is 0 Å². The highest BCUT2D eigenvalue weighted by atomic mass is 35.5. The van der Waals surface area contributed by atoms with Gasteiger partial charge in [-0.15, -0.1) is 0 Å². The van der Waals surface area contributed by atoms with E-state index < -0.39 is 0 Å². The number of hydrogen-bond acceptors (Lipinski definition) is 3. The first-order valence-corrected chi connectivity index (χ1v) is 7.36. The summed E-state index contributed by atoms with van der Waals surface area (Å²) in [7, 11) is 1.74. The highest BCUT2D eigenvalue weighted by Crippen LogP contribution is 2.42. The number of halogens is 1. The predicted octanol–water partition coefficient (Wildman–Crippen LogP) is 3.06. The number of morpholine rings is 1. The highest BCUT2D eigenvalue weighted by molar-refractivity contribution is 6.31. The Balaban J connectivity index is 1.98. The summed E-state index contributed by atoms with van der Waals surface area (Å²) in [5, 5.41) is 0.881. The van der Waals surface area contributed by atoms with Crippen LogP contribution in [0.2, 0.25) is 5.02 Å². The molecule has 0 amide bonds. The molecular weight excluding hydrogens is 262 g/mol. The second-order valence-corrected chi connectivity index (χ2v) is 5.61. The van der Waals surface area contributed by atoms with Gasteiger partial charge >= 0.3 is 0 Å². The fraction of sp³-hybridized carbons (Fsp3) is 0.600. The number of fused-ring (bicyclic) bond motifs is 1. The van der Waals surface area contributed by atoms with E-state index in [1.54, 1.807) is 7.11 Å². The van der Waals surface area contributed by atoms with Crippen molar-refractivity contribution in [3.8, 4) is 5.75 Å². The van der Waals surface area contributed by atoms with Crippen molar-refractivity contribution in [2.75, 3.05) is 33.4 Å². The van der Waals surface area contributed by atoms with Crippen molar-refractivity contribution in [3.63, 3.8) is 0 Å². The van der Waals surface area contributed by atoms with Crippen LogP contribution in [0.1, 0.15) is 30.0 Å². The zero-order valence-electron chi connectivity index (χ0n) is 11.3. The first kappa shape index (κ1) is 13.2. The Kier molecular flexibility index (Phi) is 3.96. The average molecular weight is 282 g/mol. The van der Waals surface area contributed by atoms with Gasteiger partial charge in [-0.05, 0) is 37.0 Å². The Bertz CT molecular complexity index is 458. The minimum Gasteiger partial charge on any atom is -0.496 e. The zero-order valence-corrected chi connectivity index (χ0v) is 12.1. The molecule has 1 heterocycles. The van der Waals surface area contributed by atoms with E-state index in [0.29, 0.717) is 6.04 Å². The smallest absolute Gasteiger partial charge is 0.122 e. The lowest BCUT2D eigenvalue weighted by molar-refractivity contribution is 0.0123. The van der Waals surface area contributed by atoms with Crippen LogP contribution in [-0.2, 0) is 11.2 Å². The second-order valence-electron chi connectivity index (χ2n) is 5.20. The molecule has 0 radical (unpaired) electrons. The molecule has 0 spiro atoms.